The van der Waals surface area contributed by atoms with Crippen LogP contribution in [0.1, 0.15) is 17.9 Å². The molecule has 2 unspecified atom stereocenters. The molecule has 0 spiro atoms. The minimum absolute atomic E-state index is 0.685. The number of halogens is 1. The average Bonchev–Trinajstić information content (AvgIpc) is 2.91. The molecule has 1 saturated carbocycles. The van der Waals surface area contributed by atoms with E-state index in [0.29, 0.717) is 5.92 Å². The van der Waals surface area contributed by atoms with Crippen molar-refractivity contribution in [1.82, 2.24) is 15.1 Å². The van der Waals surface area contributed by atoms with E-state index >= 15 is 0 Å². The zero-order chi connectivity index (χ0) is 12.0. The Morgan fingerprint density at radius 3 is 3.12 bits per heavy atom. The number of fused-ring (bicyclic) bond motifs is 1. The summed E-state index contributed by atoms with van der Waals surface area (Å²) in [5.41, 5.74) is 2.54. The molecule has 1 aromatic heterocycles. The van der Waals surface area contributed by atoms with Gasteiger partial charge in [-0.15, -0.1) is 0 Å². The summed E-state index contributed by atoms with van der Waals surface area (Å²) in [4.78, 5) is 0. The molecule has 1 aliphatic rings. The van der Waals surface area contributed by atoms with Crippen molar-refractivity contribution in [1.29, 1.82) is 0 Å². The van der Waals surface area contributed by atoms with Gasteiger partial charge in [0, 0.05) is 23.1 Å². The lowest BCUT2D eigenvalue weighted by Gasteiger charge is -2.05. The van der Waals surface area contributed by atoms with Gasteiger partial charge < -0.3 is 5.32 Å². The zero-order valence-electron chi connectivity index (χ0n) is 10.1. The maximum atomic E-state index is 4.48. The maximum absolute atomic E-state index is 4.48. The van der Waals surface area contributed by atoms with E-state index in [-0.39, 0.29) is 0 Å². The quantitative estimate of drug-likeness (QED) is 0.943. The van der Waals surface area contributed by atoms with Gasteiger partial charge in [-0.1, -0.05) is 15.9 Å². The number of nitrogens with zero attached hydrogens (tertiary/aromatic N) is 2. The molecule has 0 aliphatic heterocycles. The molecule has 3 rings (SSSR count). The van der Waals surface area contributed by atoms with E-state index in [4.69, 9.17) is 0 Å². The summed E-state index contributed by atoms with van der Waals surface area (Å²) in [5.74, 6) is 1.46. The number of aryl methyl sites for hydroxylation is 1. The Labute approximate surface area is 109 Å². The van der Waals surface area contributed by atoms with E-state index in [2.05, 4.69) is 44.7 Å². The molecule has 2 aromatic rings. The van der Waals surface area contributed by atoms with Crippen LogP contribution in [0.2, 0.25) is 0 Å². The molecule has 3 nitrogen and oxygen atoms in total. The lowest BCUT2D eigenvalue weighted by molar-refractivity contribution is 0.698. The number of aromatic nitrogens is 2. The van der Waals surface area contributed by atoms with Crippen LogP contribution in [0.3, 0.4) is 0 Å². The lowest BCUT2D eigenvalue weighted by Crippen LogP contribution is -2.10. The number of hydrogen-bond donors (Lipinski definition) is 1. The first kappa shape index (κ1) is 11.2. The SMILES string of the molecule is CNCC1CC1c1c(Br)ccc2nn(C)cc12. The van der Waals surface area contributed by atoms with Crippen molar-refractivity contribution < 1.29 is 0 Å². The van der Waals surface area contributed by atoms with Crippen LogP contribution in [0.4, 0.5) is 0 Å². The van der Waals surface area contributed by atoms with Crippen molar-refractivity contribution in [3.63, 3.8) is 0 Å². The Hall–Kier alpha value is -0.870. The fourth-order valence-corrected chi connectivity index (χ4v) is 3.31. The largest absolute Gasteiger partial charge is 0.319 e. The summed E-state index contributed by atoms with van der Waals surface area (Å²) in [6, 6.07) is 4.21. The first-order valence-electron chi connectivity index (χ1n) is 5.97. The highest BCUT2D eigenvalue weighted by Gasteiger charge is 2.39. The zero-order valence-corrected chi connectivity index (χ0v) is 11.7. The minimum atomic E-state index is 0.685. The number of hydrogen-bond acceptors (Lipinski definition) is 2. The second-order valence-corrected chi connectivity index (χ2v) is 5.71. The lowest BCUT2D eigenvalue weighted by atomic mass is 10.0. The number of nitrogens with one attached hydrogen (secondary N) is 1. The van der Waals surface area contributed by atoms with Crippen LogP contribution in [0, 0.1) is 5.92 Å². The molecule has 4 heteroatoms. The van der Waals surface area contributed by atoms with Crippen LogP contribution in [-0.4, -0.2) is 23.4 Å². The van der Waals surface area contributed by atoms with Gasteiger partial charge in [-0.05, 0) is 49.5 Å². The summed E-state index contributed by atoms with van der Waals surface area (Å²) in [7, 11) is 4.00. The van der Waals surface area contributed by atoms with E-state index in [1.165, 1.54) is 21.8 Å². The third-order valence-electron chi connectivity index (χ3n) is 3.55. The summed E-state index contributed by atoms with van der Waals surface area (Å²) >= 11 is 3.69. The van der Waals surface area contributed by atoms with E-state index in [0.717, 1.165) is 18.0 Å². The van der Waals surface area contributed by atoms with E-state index in [9.17, 15) is 0 Å². The second-order valence-electron chi connectivity index (χ2n) is 4.86. The van der Waals surface area contributed by atoms with E-state index in [1.54, 1.807) is 0 Å². The first-order chi connectivity index (χ1) is 8.20. The molecular formula is C13H16BrN3. The predicted octanol–water partition coefficient (Wildman–Crippen LogP) is 2.66. The fourth-order valence-electron chi connectivity index (χ4n) is 2.67. The van der Waals surface area contributed by atoms with Gasteiger partial charge in [0.25, 0.3) is 0 Å². The highest BCUT2D eigenvalue weighted by atomic mass is 79.9. The van der Waals surface area contributed by atoms with Gasteiger partial charge in [0.2, 0.25) is 0 Å². The molecule has 1 aliphatic carbocycles. The fraction of sp³-hybridized carbons (Fsp3) is 0.462. The summed E-state index contributed by atoms with van der Waals surface area (Å²) in [6.07, 6.45) is 3.41. The van der Waals surface area contributed by atoms with Gasteiger partial charge in [-0.25, -0.2) is 0 Å². The molecule has 1 heterocycles. The standard InChI is InChI=1S/C13H16BrN3/c1-15-6-8-5-9(8)13-10-7-17(2)16-12(10)4-3-11(13)14/h3-4,7-9,15H,5-6H2,1-2H3. The van der Waals surface area contributed by atoms with Crippen molar-refractivity contribution in [3.8, 4) is 0 Å². The van der Waals surface area contributed by atoms with Gasteiger partial charge >= 0.3 is 0 Å². The normalized spacial score (nSPS) is 23.2. The molecule has 0 bridgehead atoms. The van der Waals surface area contributed by atoms with Crippen LogP contribution in [-0.2, 0) is 7.05 Å². The highest BCUT2D eigenvalue weighted by Crippen LogP contribution is 2.51. The molecule has 0 saturated heterocycles. The molecule has 17 heavy (non-hydrogen) atoms. The highest BCUT2D eigenvalue weighted by molar-refractivity contribution is 9.10. The molecule has 0 radical (unpaired) electrons. The Morgan fingerprint density at radius 2 is 2.35 bits per heavy atom. The van der Waals surface area contributed by atoms with Crippen LogP contribution in [0.15, 0.2) is 22.8 Å². The smallest absolute Gasteiger partial charge is 0.0926 e. The molecule has 1 fully saturated rings. The molecule has 90 valence electrons. The van der Waals surface area contributed by atoms with Gasteiger partial charge in [-0.2, -0.15) is 5.10 Å². The monoisotopic (exact) mass is 293 g/mol. The summed E-state index contributed by atoms with van der Waals surface area (Å²) < 4.78 is 3.12. The van der Waals surface area contributed by atoms with Crippen molar-refractivity contribution in [2.24, 2.45) is 13.0 Å². The Kier molecular flexibility index (Phi) is 2.71. The maximum Gasteiger partial charge on any atom is 0.0926 e. The van der Waals surface area contributed by atoms with Crippen molar-refractivity contribution >= 4 is 26.8 Å². The molecule has 1 aromatic carbocycles. The predicted molar refractivity (Wildman–Crippen MR) is 73.2 cm³/mol. The summed E-state index contributed by atoms with van der Waals surface area (Å²) in [5, 5.41) is 9.04. The van der Waals surface area contributed by atoms with Crippen molar-refractivity contribution in [3.05, 3.63) is 28.4 Å². The van der Waals surface area contributed by atoms with Crippen LogP contribution < -0.4 is 5.32 Å². The van der Waals surface area contributed by atoms with Crippen molar-refractivity contribution in [2.45, 2.75) is 12.3 Å². The molecule has 2 atom stereocenters. The average molecular weight is 294 g/mol. The number of rotatable bonds is 3. The number of benzene rings is 1. The van der Waals surface area contributed by atoms with Gasteiger partial charge in [-0.3, -0.25) is 4.68 Å². The topological polar surface area (TPSA) is 29.9 Å². The third kappa shape index (κ3) is 1.89. The van der Waals surface area contributed by atoms with Gasteiger partial charge in [0.1, 0.15) is 0 Å². The van der Waals surface area contributed by atoms with Crippen LogP contribution >= 0.6 is 15.9 Å². The molecular weight excluding hydrogens is 278 g/mol. The first-order valence-corrected chi connectivity index (χ1v) is 6.76. The molecule has 1 N–H and O–H groups in total. The summed E-state index contributed by atoms with van der Waals surface area (Å²) in [6.45, 7) is 1.10. The third-order valence-corrected chi connectivity index (χ3v) is 4.24. The Balaban J connectivity index is 2.06. The Morgan fingerprint density at radius 1 is 1.53 bits per heavy atom. The van der Waals surface area contributed by atoms with Crippen LogP contribution in [0.25, 0.3) is 10.9 Å². The van der Waals surface area contributed by atoms with Crippen molar-refractivity contribution in [2.75, 3.05) is 13.6 Å². The van der Waals surface area contributed by atoms with E-state index in [1.807, 2.05) is 18.8 Å². The van der Waals surface area contributed by atoms with Crippen LogP contribution in [0.5, 0.6) is 0 Å². The van der Waals surface area contributed by atoms with Gasteiger partial charge in [0.05, 0.1) is 5.52 Å². The molecule has 0 amide bonds. The Bertz CT molecular complexity index is 561. The minimum Gasteiger partial charge on any atom is -0.319 e. The van der Waals surface area contributed by atoms with Gasteiger partial charge in [0.15, 0.2) is 0 Å². The van der Waals surface area contributed by atoms with E-state index < -0.39 is 0 Å². The second kappa shape index (κ2) is 4.10.